The van der Waals surface area contributed by atoms with Gasteiger partial charge in [0.15, 0.2) is 0 Å². The lowest BCUT2D eigenvalue weighted by Crippen LogP contribution is -2.21. The van der Waals surface area contributed by atoms with Crippen LogP contribution in [0.3, 0.4) is 0 Å². The number of aromatic nitrogens is 1. The fraction of sp³-hybridized carbons (Fsp3) is 0.400. The first-order valence-electron chi connectivity index (χ1n) is 6.25. The molecular formula is C15H17NO. The van der Waals surface area contributed by atoms with Crippen molar-refractivity contribution in [3.05, 3.63) is 42.1 Å². The van der Waals surface area contributed by atoms with Crippen LogP contribution in [0.15, 0.2) is 36.5 Å². The van der Waals surface area contributed by atoms with E-state index in [-0.39, 0.29) is 0 Å². The maximum atomic E-state index is 10.7. The molecule has 1 heterocycles. The van der Waals surface area contributed by atoms with Crippen molar-refractivity contribution in [3.63, 3.8) is 0 Å². The summed E-state index contributed by atoms with van der Waals surface area (Å²) in [6.07, 6.45) is 4.64. The fourth-order valence-corrected chi connectivity index (χ4v) is 2.85. The highest BCUT2D eigenvalue weighted by Gasteiger charge is 2.37. The van der Waals surface area contributed by atoms with E-state index in [1.54, 1.807) is 0 Å². The zero-order chi connectivity index (χ0) is 11.9. The van der Waals surface area contributed by atoms with Gasteiger partial charge in [0.1, 0.15) is 0 Å². The largest absolute Gasteiger partial charge is 0.385 e. The minimum atomic E-state index is -0.656. The van der Waals surface area contributed by atoms with Crippen molar-refractivity contribution < 1.29 is 5.11 Å². The molecule has 0 aliphatic heterocycles. The Hall–Kier alpha value is -1.41. The lowest BCUT2D eigenvalue weighted by molar-refractivity contribution is 0.0406. The third-order valence-corrected chi connectivity index (χ3v) is 3.86. The zero-order valence-electron chi connectivity index (χ0n) is 10.1. The Kier molecular flexibility index (Phi) is 2.40. The van der Waals surface area contributed by atoms with Gasteiger partial charge in [-0.3, -0.25) is 4.98 Å². The molecule has 1 aromatic carbocycles. The highest BCUT2D eigenvalue weighted by molar-refractivity contribution is 5.78. The van der Waals surface area contributed by atoms with Crippen LogP contribution in [-0.4, -0.2) is 10.1 Å². The first-order chi connectivity index (χ1) is 8.17. The molecule has 3 rings (SSSR count). The number of hydrogen-bond donors (Lipinski definition) is 1. The van der Waals surface area contributed by atoms with E-state index in [0.29, 0.717) is 5.92 Å². The van der Waals surface area contributed by atoms with Crippen LogP contribution in [0, 0.1) is 5.92 Å². The molecule has 1 saturated carbocycles. The van der Waals surface area contributed by atoms with Crippen LogP contribution in [0.4, 0.5) is 0 Å². The van der Waals surface area contributed by atoms with Gasteiger partial charge in [-0.15, -0.1) is 0 Å². The third-order valence-electron chi connectivity index (χ3n) is 3.86. The molecule has 2 atom stereocenters. The Balaban J connectivity index is 2.06. The number of aliphatic hydroxyl groups is 1. The maximum absolute atomic E-state index is 10.7. The third kappa shape index (κ3) is 1.83. The van der Waals surface area contributed by atoms with Crippen LogP contribution in [0.25, 0.3) is 10.9 Å². The van der Waals surface area contributed by atoms with E-state index in [9.17, 15) is 5.11 Å². The van der Waals surface area contributed by atoms with Gasteiger partial charge in [-0.1, -0.05) is 25.1 Å². The molecule has 0 spiro atoms. The summed E-state index contributed by atoms with van der Waals surface area (Å²) in [5.74, 6) is 0.603. The molecular weight excluding hydrogens is 210 g/mol. The number of hydrogen-bond acceptors (Lipinski definition) is 2. The van der Waals surface area contributed by atoms with Crippen LogP contribution in [0.5, 0.6) is 0 Å². The van der Waals surface area contributed by atoms with Crippen molar-refractivity contribution in [2.24, 2.45) is 5.92 Å². The summed E-state index contributed by atoms with van der Waals surface area (Å²) >= 11 is 0. The quantitative estimate of drug-likeness (QED) is 0.811. The van der Waals surface area contributed by atoms with Crippen LogP contribution < -0.4 is 0 Å². The average Bonchev–Trinajstić information content (AvgIpc) is 2.70. The topological polar surface area (TPSA) is 33.1 Å². The van der Waals surface area contributed by atoms with Gasteiger partial charge >= 0.3 is 0 Å². The van der Waals surface area contributed by atoms with Gasteiger partial charge in [-0.2, -0.15) is 0 Å². The Morgan fingerprint density at radius 3 is 2.94 bits per heavy atom. The van der Waals surface area contributed by atoms with E-state index in [4.69, 9.17) is 0 Å². The highest BCUT2D eigenvalue weighted by atomic mass is 16.3. The Morgan fingerprint density at radius 2 is 2.18 bits per heavy atom. The molecule has 1 aliphatic rings. The number of para-hydroxylation sites is 1. The summed E-state index contributed by atoms with van der Waals surface area (Å²) in [5.41, 5.74) is 1.31. The molecule has 1 aliphatic carbocycles. The first-order valence-corrected chi connectivity index (χ1v) is 6.25. The summed E-state index contributed by atoms with van der Waals surface area (Å²) in [6, 6.07) is 10.1. The van der Waals surface area contributed by atoms with Gasteiger partial charge in [-0.25, -0.2) is 0 Å². The second-order valence-electron chi connectivity index (χ2n) is 5.30. The second kappa shape index (κ2) is 3.81. The van der Waals surface area contributed by atoms with Crippen molar-refractivity contribution in [2.45, 2.75) is 31.8 Å². The fourth-order valence-electron chi connectivity index (χ4n) is 2.85. The van der Waals surface area contributed by atoms with Gasteiger partial charge in [0.25, 0.3) is 0 Å². The molecule has 1 fully saturated rings. The molecule has 88 valence electrons. The van der Waals surface area contributed by atoms with E-state index in [2.05, 4.69) is 18.0 Å². The SMILES string of the molecule is CC1CCC(O)(c2cnc3ccccc3c2)C1. The van der Waals surface area contributed by atoms with Gasteiger partial charge in [0.05, 0.1) is 11.1 Å². The lowest BCUT2D eigenvalue weighted by Gasteiger charge is -2.23. The van der Waals surface area contributed by atoms with Crippen molar-refractivity contribution in [1.82, 2.24) is 4.98 Å². The van der Waals surface area contributed by atoms with Crippen LogP contribution in [-0.2, 0) is 5.60 Å². The summed E-state index contributed by atoms with van der Waals surface area (Å²) in [7, 11) is 0. The summed E-state index contributed by atoms with van der Waals surface area (Å²) in [6.45, 7) is 2.20. The van der Waals surface area contributed by atoms with Crippen molar-refractivity contribution in [3.8, 4) is 0 Å². The number of pyridine rings is 1. The van der Waals surface area contributed by atoms with Crippen LogP contribution in [0.2, 0.25) is 0 Å². The van der Waals surface area contributed by atoms with Crippen LogP contribution in [0.1, 0.15) is 31.7 Å². The summed E-state index contributed by atoms with van der Waals surface area (Å²) in [5, 5.41) is 11.8. The molecule has 0 amide bonds. The molecule has 0 bridgehead atoms. The normalized spacial score (nSPS) is 28.7. The predicted molar refractivity (Wildman–Crippen MR) is 68.7 cm³/mol. The first kappa shape index (κ1) is 10.7. The smallest absolute Gasteiger partial charge is 0.0914 e. The Morgan fingerprint density at radius 1 is 1.35 bits per heavy atom. The van der Waals surface area contributed by atoms with Gasteiger partial charge in [0, 0.05) is 17.1 Å². The van der Waals surface area contributed by atoms with Crippen molar-refractivity contribution in [2.75, 3.05) is 0 Å². The molecule has 2 unspecified atom stereocenters. The van der Waals surface area contributed by atoms with E-state index in [1.807, 2.05) is 30.5 Å². The van der Waals surface area contributed by atoms with Gasteiger partial charge in [-0.05, 0) is 37.3 Å². The minimum absolute atomic E-state index is 0.603. The van der Waals surface area contributed by atoms with E-state index in [1.165, 1.54) is 0 Å². The van der Waals surface area contributed by atoms with E-state index >= 15 is 0 Å². The molecule has 0 radical (unpaired) electrons. The lowest BCUT2D eigenvalue weighted by atomic mass is 9.92. The monoisotopic (exact) mass is 227 g/mol. The van der Waals surface area contributed by atoms with Crippen molar-refractivity contribution in [1.29, 1.82) is 0 Å². The number of nitrogens with zero attached hydrogens (tertiary/aromatic N) is 1. The molecule has 1 aromatic heterocycles. The maximum Gasteiger partial charge on any atom is 0.0914 e. The Labute approximate surface area is 101 Å². The average molecular weight is 227 g/mol. The Bertz CT molecular complexity index is 551. The number of fused-ring (bicyclic) bond motifs is 1. The highest BCUT2D eigenvalue weighted by Crippen LogP contribution is 2.42. The minimum Gasteiger partial charge on any atom is -0.385 e. The second-order valence-corrected chi connectivity index (χ2v) is 5.30. The molecule has 0 saturated heterocycles. The zero-order valence-corrected chi connectivity index (χ0v) is 10.1. The summed E-state index contributed by atoms with van der Waals surface area (Å²) in [4.78, 5) is 4.44. The van der Waals surface area contributed by atoms with E-state index < -0.39 is 5.60 Å². The van der Waals surface area contributed by atoms with Crippen LogP contribution >= 0.6 is 0 Å². The molecule has 17 heavy (non-hydrogen) atoms. The molecule has 2 heteroatoms. The van der Waals surface area contributed by atoms with E-state index in [0.717, 1.165) is 35.7 Å². The molecule has 2 nitrogen and oxygen atoms in total. The molecule has 1 N–H and O–H groups in total. The van der Waals surface area contributed by atoms with Gasteiger partial charge < -0.3 is 5.11 Å². The standard InChI is InChI=1S/C15H17NO/c1-11-6-7-15(17,9-11)13-8-12-4-2-3-5-14(12)16-10-13/h2-5,8,10-11,17H,6-7,9H2,1H3. The number of benzene rings is 1. The predicted octanol–water partition coefficient (Wildman–Crippen LogP) is 3.24. The van der Waals surface area contributed by atoms with Gasteiger partial charge in [0.2, 0.25) is 0 Å². The summed E-state index contributed by atoms with van der Waals surface area (Å²) < 4.78 is 0. The van der Waals surface area contributed by atoms with Crippen molar-refractivity contribution >= 4 is 10.9 Å². The number of rotatable bonds is 1. The molecule has 2 aromatic rings.